The number of carbonyl (C=O) groups is 1. The quantitative estimate of drug-likeness (QED) is 0.203. The van der Waals surface area contributed by atoms with Crippen LogP contribution in [0.1, 0.15) is 158 Å². The maximum Gasteiger partial charge on any atom is 0.162 e. The number of benzene rings is 1. The van der Waals surface area contributed by atoms with Crippen molar-refractivity contribution >= 4 is 5.78 Å². The van der Waals surface area contributed by atoms with Gasteiger partial charge in [-0.15, -0.1) is 0 Å². The maximum absolute atomic E-state index is 12.7. The number of Topliss-reactive ketones (excluding diaryl/α,β-unsaturated/α-hetero) is 1. The summed E-state index contributed by atoms with van der Waals surface area (Å²) in [6.45, 7) is 4.60. The maximum atomic E-state index is 12.7. The average molecular weight is 453 g/mol. The zero-order valence-corrected chi connectivity index (χ0v) is 22.0. The Labute approximate surface area is 205 Å². The van der Waals surface area contributed by atoms with E-state index in [1.54, 1.807) is 0 Å². The Morgan fingerprint density at radius 1 is 0.636 bits per heavy atom. The summed E-state index contributed by atoms with van der Waals surface area (Å²) in [5.74, 6) is 3.90. The van der Waals surface area contributed by atoms with Gasteiger partial charge in [0, 0.05) is 12.0 Å². The van der Waals surface area contributed by atoms with Crippen LogP contribution in [-0.4, -0.2) is 5.78 Å². The number of unbranched alkanes of at least 4 members (excludes halogenated alkanes) is 4. The molecule has 0 N–H and O–H groups in total. The summed E-state index contributed by atoms with van der Waals surface area (Å²) in [6.07, 6.45) is 25.4. The van der Waals surface area contributed by atoms with Crippen LogP contribution >= 0.6 is 0 Å². The standard InChI is InChI=1S/C32H52O/c1-3-5-7-10-26-14-16-28(17-15-26)12-9-13-32(33)31-24-22-30(23-25-31)29-20-18-27(19-21-29)11-8-6-4-2/h22-29H,3-21H2,1-2H3. The lowest BCUT2D eigenvalue weighted by Gasteiger charge is -2.29. The van der Waals surface area contributed by atoms with E-state index in [2.05, 4.69) is 38.1 Å². The number of hydrogen-bond donors (Lipinski definition) is 0. The lowest BCUT2D eigenvalue weighted by Crippen LogP contribution is -2.15. The third-order valence-corrected chi connectivity index (χ3v) is 8.97. The molecular formula is C32H52O. The second kappa shape index (κ2) is 15.0. The van der Waals surface area contributed by atoms with Crippen molar-refractivity contribution in [3.63, 3.8) is 0 Å². The summed E-state index contributed by atoms with van der Waals surface area (Å²) in [6, 6.07) is 8.75. The van der Waals surface area contributed by atoms with Crippen molar-refractivity contribution in [3.8, 4) is 0 Å². The molecule has 186 valence electrons. The summed E-state index contributed by atoms with van der Waals surface area (Å²) in [5.41, 5.74) is 2.40. The molecule has 2 aliphatic carbocycles. The van der Waals surface area contributed by atoms with Crippen molar-refractivity contribution in [2.75, 3.05) is 0 Å². The van der Waals surface area contributed by atoms with Crippen LogP contribution in [0.25, 0.3) is 0 Å². The highest BCUT2D eigenvalue weighted by molar-refractivity contribution is 5.96. The van der Waals surface area contributed by atoms with Crippen LogP contribution in [0.3, 0.4) is 0 Å². The van der Waals surface area contributed by atoms with Gasteiger partial charge in [0.05, 0.1) is 0 Å². The number of rotatable bonds is 14. The molecule has 0 saturated heterocycles. The molecule has 0 bridgehead atoms. The van der Waals surface area contributed by atoms with Crippen molar-refractivity contribution in [2.24, 2.45) is 17.8 Å². The summed E-state index contributed by atoms with van der Waals surface area (Å²) in [7, 11) is 0. The summed E-state index contributed by atoms with van der Waals surface area (Å²) < 4.78 is 0. The fourth-order valence-electron chi connectivity index (χ4n) is 6.60. The third kappa shape index (κ3) is 9.22. The SMILES string of the molecule is CCCCCC1CCC(CCCC(=O)c2ccc(C3CCC(CCCCC)CC3)cc2)CC1. The first-order valence-electron chi connectivity index (χ1n) is 14.8. The predicted octanol–water partition coefficient (Wildman–Crippen LogP) is 10.3. The van der Waals surface area contributed by atoms with E-state index in [4.69, 9.17) is 0 Å². The Balaban J connectivity index is 1.31. The molecular weight excluding hydrogens is 400 g/mol. The fourth-order valence-corrected chi connectivity index (χ4v) is 6.60. The van der Waals surface area contributed by atoms with E-state index in [0.717, 1.165) is 36.2 Å². The minimum Gasteiger partial charge on any atom is -0.294 e. The number of carbonyl (C=O) groups excluding carboxylic acids is 1. The van der Waals surface area contributed by atoms with Gasteiger partial charge in [-0.2, -0.15) is 0 Å². The minimum atomic E-state index is 0.356. The van der Waals surface area contributed by atoms with Crippen molar-refractivity contribution < 1.29 is 4.79 Å². The van der Waals surface area contributed by atoms with Crippen LogP contribution in [0.4, 0.5) is 0 Å². The van der Waals surface area contributed by atoms with Gasteiger partial charge in [0.15, 0.2) is 5.78 Å². The first kappa shape index (κ1) is 26.5. The highest BCUT2D eigenvalue weighted by Gasteiger charge is 2.23. The van der Waals surface area contributed by atoms with Gasteiger partial charge in [-0.05, 0) is 61.3 Å². The zero-order valence-electron chi connectivity index (χ0n) is 22.0. The van der Waals surface area contributed by atoms with Gasteiger partial charge < -0.3 is 0 Å². The third-order valence-electron chi connectivity index (χ3n) is 8.97. The Morgan fingerprint density at radius 3 is 1.58 bits per heavy atom. The number of ketones is 1. The van der Waals surface area contributed by atoms with Crippen molar-refractivity contribution in [3.05, 3.63) is 35.4 Å². The summed E-state index contributed by atoms with van der Waals surface area (Å²) in [5, 5.41) is 0. The summed E-state index contributed by atoms with van der Waals surface area (Å²) in [4.78, 5) is 12.7. The van der Waals surface area contributed by atoms with Crippen LogP contribution in [0.2, 0.25) is 0 Å². The lowest BCUT2D eigenvalue weighted by atomic mass is 9.77. The molecule has 1 heteroatoms. The molecule has 3 rings (SSSR count). The molecule has 0 unspecified atom stereocenters. The number of hydrogen-bond acceptors (Lipinski definition) is 1. The fraction of sp³-hybridized carbons (Fsp3) is 0.781. The molecule has 1 aromatic rings. The largest absolute Gasteiger partial charge is 0.294 e. The first-order valence-corrected chi connectivity index (χ1v) is 14.8. The molecule has 0 aliphatic heterocycles. The molecule has 0 atom stereocenters. The van der Waals surface area contributed by atoms with Gasteiger partial charge in [-0.3, -0.25) is 4.79 Å². The van der Waals surface area contributed by atoms with Crippen molar-refractivity contribution in [1.29, 1.82) is 0 Å². The van der Waals surface area contributed by atoms with E-state index in [0.29, 0.717) is 11.7 Å². The second-order valence-electron chi connectivity index (χ2n) is 11.5. The van der Waals surface area contributed by atoms with Crippen LogP contribution in [0, 0.1) is 17.8 Å². The average Bonchev–Trinajstić information content (AvgIpc) is 2.86. The van der Waals surface area contributed by atoms with Gasteiger partial charge in [0.1, 0.15) is 0 Å². The van der Waals surface area contributed by atoms with E-state index in [-0.39, 0.29) is 0 Å². The molecule has 1 nitrogen and oxygen atoms in total. The van der Waals surface area contributed by atoms with Gasteiger partial charge in [0.2, 0.25) is 0 Å². The molecule has 2 fully saturated rings. The van der Waals surface area contributed by atoms with Crippen molar-refractivity contribution in [1.82, 2.24) is 0 Å². The Kier molecular flexibility index (Phi) is 12.0. The normalized spacial score (nSPS) is 25.8. The van der Waals surface area contributed by atoms with Gasteiger partial charge in [-0.25, -0.2) is 0 Å². The molecule has 0 heterocycles. The predicted molar refractivity (Wildman–Crippen MR) is 143 cm³/mol. The second-order valence-corrected chi connectivity index (χ2v) is 11.5. The lowest BCUT2D eigenvalue weighted by molar-refractivity contribution is 0.0975. The van der Waals surface area contributed by atoms with E-state index < -0.39 is 0 Å². The van der Waals surface area contributed by atoms with Gasteiger partial charge >= 0.3 is 0 Å². The molecule has 0 spiro atoms. The summed E-state index contributed by atoms with van der Waals surface area (Å²) >= 11 is 0. The topological polar surface area (TPSA) is 17.1 Å². The van der Waals surface area contributed by atoms with Crippen LogP contribution in [0.15, 0.2) is 24.3 Å². The molecule has 0 radical (unpaired) electrons. The monoisotopic (exact) mass is 452 g/mol. The molecule has 0 amide bonds. The molecule has 0 aromatic heterocycles. The van der Waals surface area contributed by atoms with E-state index >= 15 is 0 Å². The van der Waals surface area contributed by atoms with E-state index in [9.17, 15) is 4.79 Å². The van der Waals surface area contributed by atoms with E-state index in [1.807, 2.05) is 0 Å². The van der Waals surface area contributed by atoms with Gasteiger partial charge in [0.25, 0.3) is 0 Å². The first-order chi connectivity index (χ1) is 16.2. The smallest absolute Gasteiger partial charge is 0.162 e. The molecule has 2 aliphatic rings. The zero-order chi connectivity index (χ0) is 23.3. The highest BCUT2D eigenvalue weighted by atomic mass is 16.1. The Morgan fingerprint density at radius 2 is 1.09 bits per heavy atom. The molecule has 1 aromatic carbocycles. The Hall–Kier alpha value is -1.11. The molecule has 2 saturated carbocycles. The molecule has 33 heavy (non-hydrogen) atoms. The minimum absolute atomic E-state index is 0.356. The van der Waals surface area contributed by atoms with Gasteiger partial charge in [-0.1, -0.05) is 122 Å². The van der Waals surface area contributed by atoms with Crippen LogP contribution in [-0.2, 0) is 0 Å². The van der Waals surface area contributed by atoms with E-state index in [1.165, 1.54) is 115 Å². The van der Waals surface area contributed by atoms with Crippen molar-refractivity contribution in [2.45, 2.75) is 142 Å². The highest BCUT2D eigenvalue weighted by Crippen LogP contribution is 2.38. The Bertz CT molecular complexity index is 644. The van der Waals surface area contributed by atoms with Crippen LogP contribution in [0.5, 0.6) is 0 Å². The van der Waals surface area contributed by atoms with Crippen LogP contribution < -0.4 is 0 Å².